The number of piperazine rings is 1. The number of benzene rings is 1. The summed E-state index contributed by atoms with van der Waals surface area (Å²) in [4.78, 5) is 45.1. The van der Waals surface area contributed by atoms with Crippen LogP contribution in [0.1, 0.15) is 24.1 Å². The number of amides is 4. The van der Waals surface area contributed by atoms with Crippen molar-refractivity contribution in [1.29, 1.82) is 0 Å². The van der Waals surface area contributed by atoms with Crippen molar-refractivity contribution >= 4 is 17.8 Å². The molecule has 3 aliphatic rings. The molecule has 11 heteroatoms. The number of nitrogens with one attached hydrogen (secondary N) is 1. The first-order valence-electron chi connectivity index (χ1n) is 10.8. The van der Waals surface area contributed by atoms with Gasteiger partial charge in [0.1, 0.15) is 6.54 Å². The molecular formula is C22H26F3N5O3. The third-order valence-corrected chi connectivity index (χ3v) is 6.51. The van der Waals surface area contributed by atoms with Gasteiger partial charge in [-0.2, -0.15) is 13.2 Å². The molecule has 8 nitrogen and oxygen atoms in total. The fourth-order valence-corrected chi connectivity index (χ4v) is 4.57. The minimum absolute atomic E-state index is 0.0105. The summed E-state index contributed by atoms with van der Waals surface area (Å²) in [5.74, 6) is -0.757. The van der Waals surface area contributed by atoms with Crippen molar-refractivity contribution in [3.05, 3.63) is 46.7 Å². The van der Waals surface area contributed by atoms with Crippen LogP contribution >= 0.6 is 0 Å². The Balaban J connectivity index is 1.58. The lowest BCUT2D eigenvalue weighted by atomic mass is 9.92. The first-order chi connectivity index (χ1) is 15.6. The van der Waals surface area contributed by atoms with Crippen LogP contribution in [0.2, 0.25) is 0 Å². The average molecular weight is 465 g/mol. The topological polar surface area (TPSA) is 76.2 Å². The van der Waals surface area contributed by atoms with Crippen molar-refractivity contribution < 1.29 is 27.6 Å². The van der Waals surface area contributed by atoms with E-state index in [4.69, 9.17) is 0 Å². The Labute approximate surface area is 189 Å². The Hall–Kier alpha value is -3.08. The minimum atomic E-state index is -4.65. The second-order valence-corrected chi connectivity index (χ2v) is 8.36. The van der Waals surface area contributed by atoms with Crippen LogP contribution < -0.4 is 5.32 Å². The zero-order valence-corrected chi connectivity index (χ0v) is 18.5. The van der Waals surface area contributed by atoms with Gasteiger partial charge in [-0.15, -0.1) is 0 Å². The molecule has 33 heavy (non-hydrogen) atoms. The largest absolute Gasteiger partial charge is 0.416 e. The predicted molar refractivity (Wildman–Crippen MR) is 113 cm³/mol. The highest BCUT2D eigenvalue weighted by Crippen LogP contribution is 2.41. The Morgan fingerprint density at radius 1 is 1.12 bits per heavy atom. The maximum atomic E-state index is 13.6. The molecule has 3 heterocycles. The summed E-state index contributed by atoms with van der Waals surface area (Å²) in [6, 6.07) is 3.04. The molecule has 1 saturated heterocycles. The van der Waals surface area contributed by atoms with E-state index in [0.717, 1.165) is 25.7 Å². The van der Waals surface area contributed by atoms with E-state index >= 15 is 0 Å². The molecule has 0 bridgehead atoms. The van der Waals surface area contributed by atoms with Gasteiger partial charge in [0.15, 0.2) is 0 Å². The zero-order valence-electron chi connectivity index (χ0n) is 18.5. The van der Waals surface area contributed by atoms with E-state index in [0.29, 0.717) is 18.8 Å². The predicted octanol–water partition coefficient (Wildman–Crippen LogP) is 1.66. The summed E-state index contributed by atoms with van der Waals surface area (Å²) in [6.45, 7) is 5.38. The molecule has 0 spiro atoms. The van der Waals surface area contributed by atoms with Crippen molar-refractivity contribution in [3.8, 4) is 0 Å². The summed E-state index contributed by atoms with van der Waals surface area (Å²) in [6.07, 6.45) is -4.65. The van der Waals surface area contributed by atoms with Gasteiger partial charge in [0.05, 0.1) is 29.4 Å². The molecule has 4 amide bonds. The fourth-order valence-electron chi connectivity index (χ4n) is 4.57. The van der Waals surface area contributed by atoms with Crippen LogP contribution in [0.5, 0.6) is 0 Å². The van der Waals surface area contributed by atoms with E-state index in [2.05, 4.69) is 17.1 Å². The van der Waals surface area contributed by atoms with E-state index in [1.807, 2.05) is 0 Å². The number of carbonyl (C=O) groups excluding carboxylic acids is 3. The van der Waals surface area contributed by atoms with Gasteiger partial charge in [0.25, 0.3) is 5.91 Å². The standard InChI is InChI=1S/C22H26F3N5O3/c1-3-28-8-10-29(11-9-28)17(31)13-30-12-16-18(20(30)32)19(26-21(33)27(16)2)14-6-4-5-7-15(14)22(23,24)25/h4-7,19H,3,8-13H2,1-2H3,(H,26,33)/t19-/m1/s1. The van der Waals surface area contributed by atoms with Crippen LogP contribution in [0, 0.1) is 0 Å². The number of carbonyl (C=O) groups is 3. The fraction of sp³-hybridized carbons (Fsp3) is 0.500. The number of hydrogen-bond donors (Lipinski definition) is 1. The minimum Gasteiger partial charge on any atom is -0.339 e. The quantitative estimate of drug-likeness (QED) is 0.734. The van der Waals surface area contributed by atoms with Gasteiger partial charge in [0, 0.05) is 33.2 Å². The van der Waals surface area contributed by atoms with Gasteiger partial charge in [-0.1, -0.05) is 25.1 Å². The van der Waals surface area contributed by atoms with Crippen LogP contribution in [0.25, 0.3) is 0 Å². The Kier molecular flexibility index (Phi) is 6.08. The second-order valence-electron chi connectivity index (χ2n) is 8.36. The maximum absolute atomic E-state index is 13.6. The Morgan fingerprint density at radius 2 is 1.79 bits per heavy atom. The molecule has 1 N–H and O–H groups in total. The molecule has 1 atom stereocenters. The zero-order chi connectivity index (χ0) is 23.9. The van der Waals surface area contributed by atoms with Crippen LogP contribution in [0.4, 0.5) is 18.0 Å². The van der Waals surface area contributed by atoms with E-state index in [1.165, 1.54) is 35.0 Å². The molecule has 0 aromatic heterocycles. The second kappa shape index (κ2) is 8.69. The molecule has 178 valence electrons. The monoisotopic (exact) mass is 465 g/mol. The van der Waals surface area contributed by atoms with Crippen LogP contribution in [-0.4, -0.2) is 90.3 Å². The summed E-state index contributed by atoms with van der Waals surface area (Å²) in [7, 11) is 1.46. The molecule has 1 fully saturated rings. The first kappa shape index (κ1) is 23.1. The van der Waals surface area contributed by atoms with Gasteiger partial charge < -0.3 is 20.0 Å². The van der Waals surface area contributed by atoms with Gasteiger partial charge in [-0.25, -0.2) is 4.79 Å². The molecule has 3 aliphatic heterocycles. The highest BCUT2D eigenvalue weighted by Gasteiger charge is 2.46. The Morgan fingerprint density at radius 3 is 2.42 bits per heavy atom. The smallest absolute Gasteiger partial charge is 0.339 e. The lowest BCUT2D eigenvalue weighted by Crippen LogP contribution is -2.51. The summed E-state index contributed by atoms with van der Waals surface area (Å²) >= 11 is 0. The highest BCUT2D eigenvalue weighted by atomic mass is 19.4. The van der Waals surface area contributed by atoms with E-state index in [1.54, 1.807) is 4.90 Å². The molecular weight excluding hydrogens is 439 g/mol. The number of alkyl halides is 3. The van der Waals surface area contributed by atoms with Crippen LogP contribution in [-0.2, 0) is 15.8 Å². The molecule has 0 unspecified atom stereocenters. The molecule has 0 radical (unpaired) electrons. The SMILES string of the molecule is CCN1CCN(C(=O)CN2CC3=C(C2=O)[C@@H](c2ccccc2C(F)(F)F)NC(=O)N3C)CC1. The Bertz CT molecular complexity index is 1000. The van der Waals surface area contributed by atoms with Crippen molar-refractivity contribution in [1.82, 2.24) is 24.9 Å². The third kappa shape index (κ3) is 4.29. The van der Waals surface area contributed by atoms with Crippen molar-refractivity contribution in [2.75, 3.05) is 52.9 Å². The summed E-state index contributed by atoms with van der Waals surface area (Å²) in [5.41, 5.74) is -0.731. The number of hydrogen-bond acceptors (Lipinski definition) is 4. The summed E-state index contributed by atoms with van der Waals surface area (Å²) < 4.78 is 40.9. The molecule has 1 aromatic rings. The van der Waals surface area contributed by atoms with Crippen molar-refractivity contribution in [2.45, 2.75) is 19.1 Å². The first-order valence-corrected chi connectivity index (χ1v) is 10.8. The third-order valence-electron chi connectivity index (χ3n) is 6.51. The van der Waals surface area contributed by atoms with Crippen LogP contribution in [0.3, 0.4) is 0 Å². The lowest BCUT2D eigenvalue weighted by molar-refractivity contribution is -0.139. The van der Waals surface area contributed by atoms with Gasteiger partial charge in [-0.05, 0) is 18.2 Å². The van der Waals surface area contributed by atoms with Crippen molar-refractivity contribution in [3.63, 3.8) is 0 Å². The van der Waals surface area contributed by atoms with Crippen molar-refractivity contribution in [2.24, 2.45) is 0 Å². The van der Waals surface area contributed by atoms with Gasteiger partial charge in [0.2, 0.25) is 5.91 Å². The van der Waals surface area contributed by atoms with E-state index < -0.39 is 29.7 Å². The summed E-state index contributed by atoms with van der Waals surface area (Å²) in [5, 5.41) is 2.53. The molecule has 0 saturated carbocycles. The van der Waals surface area contributed by atoms with E-state index in [-0.39, 0.29) is 30.1 Å². The molecule has 1 aromatic carbocycles. The number of likely N-dealkylation sites (N-methyl/N-ethyl adjacent to an activating group) is 2. The maximum Gasteiger partial charge on any atom is 0.416 e. The highest BCUT2D eigenvalue weighted by molar-refractivity contribution is 6.03. The molecule has 4 rings (SSSR count). The van der Waals surface area contributed by atoms with Gasteiger partial charge >= 0.3 is 12.2 Å². The average Bonchev–Trinajstić information content (AvgIpc) is 3.12. The van der Waals surface area contributed by atoms with Gasteiger partial charge in [-0.3, -0.25) is 14.5 Å². The van der Waals surface area contributed by atoms with Crippen LogP contribution in [0.15, 0.2) is 35.5 Å². The van der Waals surface area contributed by atoms with E-state index in [9.17, 15) is 27.6 Å². The number of rotatable bonds is 4. The lowest BCUT2D eigenvalue weighted by Gasteiger charge is -2.34. The number of halogens is 3. The number of urea groups is 1. The normalized spacial score (nSPS) is 22.1. The molecule has 0 aliphatic carbocycles. The number of nitrogens with zero attached hydrogens (tertiary/aromatic N) is 4.